The van der Waals surface area contributed by atoms with Gasteiger partial charge in [0.1, 0.15) is 0 Å². The summed E-state index contributed by atoms with van der Waals surface area (Å²) in [6, 6.07) is 26.0. The second-order valence-corrected chi connectivity index (χ2v) is 9.50. The predicted molar refractivity (Wildman–Crippen MR) is 131 cm³/mol. The first kappa shape index (κ1) is 17.0. The Kier molecular flexibility index (Phi) is 3.02. The number of para-hydroxylation sites is 2. The van der Waals surface area contributed by atoms with Crippen molar-refractivity contribution >= 4 is 65.6 Å². The zero-order valence-corrected chi connectivity index (χ0v) is 17.8. The van der Waals surface area contributed by atoms with Gasteiger partial charge in [-0.2, -0.15) is 0 Å². The van der Waals surface area contributed by atoms with E-state index in [-0.39, 0.29) is 5.54 Å². The Morgan fingerprint density at radius 1 is 0.645 bits per heavy atom. The smallest absolute Gasteiger partial charge is 0.159 e. The quantitative estimate of drug-likeness (QED) is 0.273. The van der Waals surface area contributed by atoms with E-state index < -0.39 is 0 Å². The van der Waals surface area contributed by atoms with Gasteiger partial charge in [-0.3, -0.25) is 0 Å². The molecule has 0 fully saturated rings. The normalized spacial score (nSPS) is 13.0. The number of rotatable bonds is 0. The minimum atomic E-state index is -0.0783. The van der Waals surface area contributed by atoms with Gasteiger partial charge in [-0.1, -0.05) is 48.5 Å². The van der Waals surface area contributed by atoms with Crippen LogP contribution in [0, 0.1) is 0 Å². The van der Waals surface area contributed by atoms with E-state index in [1.54, 1.807) is 0 Å². The second kappa shape index (κ2) is 5.50. The molecular weight excluding hydrogens is 380 g/mol. The molecule has 0 amide bonds. The van der Waals surface area contributed by atoms with Gasteiger partial charge in [-0.15, -0.1) is 0 Å². The number of benzene rings is 4. The number of aromatic nitrogens is 2. The number of nitrogens with zero attached hydrogens (tertiary/aromatic N) is 1. The Balaban J connectivity index is 1.74. The van der Waals surface area contributed by atoms with E-state index in [1.165, 1.54) is 32.6 Å². The SMILES string of the molecule is CC(C)(C)n1c2ccccc2c2ccc3c4ccc5c6ccccc6[nH]c5c4oc3c21. The summed E-state index contributed by atoms with van der Waals surface area (Å²) in [6.45, 7) is 6.78. The highest BCUT2D eigenvalue weighted by molar-refractivity contribution is 6.25. The monoisotopic (exact) mass is 402 g/mol. The summed E-state index contributed by atoms with van der Waals surface area (Å²) in [5.41, 5.74) is 6.44. The summed E-state index contributed by atoms with van der Waals surface area (Å²) >= 11 is 0. The molecule has 150 valence electrons. The Morgan fingerprint density at radius 3 is 2.10 bits per heavy atom. The molecule has 0 atom stereocenters. The maximum atomic E-state index is 6.72. The first-order valence-electron chi connectivity index (χ1n) is 10.8. The second-order valence-electron chi connectivity index (χ2n) is 9.50. The number of fused-ring (bicyclic) bond motifs is 11. The predicted octanol–water partition coefficient (Wildman–Crippen LogP) is 8.08. The maximum Gasteiger partial charge on any atom is 0.159 e. The molecule has 0 spiro atoms. The summed E-state index contributed by atoms with van der Waals surface area (Å²) in [5.74, 6) is 0. The van der Waals surface area contributed by atoms with E-state index >= 15 is 0 Å². The summed E-state index contributed by atoms with van der Waals surface area (Å²) in [4.78, 5) is 3.60. The molecule has 3 nitrogen and oxygen atoms in total. The molecule has 0 saturated carbocycles. The lowest BCUT2D eigenvalue weighted by atomic mass is 10.1. The fourth-order valence-corrected chi connectivity index (χ4v) is 5.35. The van der Waals surface area contributed by atoms with Crippen LogP contribution in [-0.2, 0) is 5.54 Å². The zero-order valence-electron chi connectivity index (χ0n) is 17.8. The van der Waals surface area contributed by atoms with Crippen LogP contribution >= 0.6 is 0 Å². The minimum Gasteiger partial charge on any atom is -0.452 e. The van der Waals surface area contributed by atoms with Gasteiger partial charge in [0.2, 0.25) is 0 Å². The molecule has 7 aromatic rings. The average molecular weight is 402 g/mol. The summed E-state index contributed by atoms with van der Waals surface area (Å²) in [6.07, 6.45) is 0. The van der Waals surface area contributed by atoms with Gasteiger partial charge in [0.05, 0.1) is 11.0 Å². The Bertz CT molecular complexity index is 1820. The summed E-state index contributed by atoms with van der Waals surface area (Å²) in [5, 5.41) is 7.26. The van der Waals surface area contributed by atoms with Crippen molar-refractivity contribution in [1.82, 2.24) is 9.55 Å². The molecule has 7 rings (SSSR count). The highest BCUT2D eigenvalue weighted by Crippen LogP contribution is 2.43. The molecule has 3 aromatic heterocycles. The maximum absolute atomic E-state index is 6.72. The van der Waals surface area contributed by atoms with Crippen LogP contribution in [-0.4, -0.2) is 9.55 Å². The average Bonchev–Trinajstić information content (AvgIpc) is 3.42. The fraction of sp³-hybridized carbons (Fsp3) is 0.143. The number of furan rings is 1. The molecule has 31 heavy (non-hydrogen) atoms. The number of nitrogens with one attached hydrogen (secondary N) is 1. The first-order valence-corrected chi connectivity index (χ1v) is 10.8. The molecule has 3 heteroatoms. The lowest BCUT2D eigenvalue weighted by Gasteiger charge is -2.24. The molecule has 1 N–H and O–H groups in total. The van der Waals surface area contributed by atoms with Crippen LogP contribution in [0.4, 0.5) is 0 Å². The van der Waals surface area contributed by atoms with Gasteiger partial charge >= 0.3 is 0 Å². The van der Waals surface area contributed by atoms with E-state index in [0.29, 0.717) is 0 Å². The van der Waals surface area contributed by atoms with Crippen molar-refractivity contribution in [2.75, 3.05) is 0 Å². The largest absolute Gasteiger partial charge is 0.452 e. The van der Waals surface area contributed by atoms with Crippen molar-refractivity contribution in [3.63, 3.8) is 0 Å². The lowest BCUT2D eigenvalue weighted by Crippen LogP contribution is -2.21. The van der Waals surface area contributed by atoms with Crippen molar-refractivity contribution in [2.24, 2.45) is 0 Å². The first-order chi connectivity index (χ1) is 15.0. The number of hydrogen-bond donors (Lipinski definition) is 1. The van der Waals surface area contributed by atoms with Crippen molar-refractivity contribution in [3.8, 4) is 0 Å². The van der Waals surface area contributed by atoms with Crippen molar-refractivity contribution < 1.29 is 4.42 Å². The van der Waals surface area contributed by atoms with Crippen molar-refractivity contribution in [1.29, 1.82) is 0 Å². The van der Waals surface area contributed by atoms with Crippen LogP contribution in [0.2, 0.25) is 0 Å². The van der Waals surface area contributed by atoms with Gasteiger partial charge in [0, 0.05) is 48.9 Å². The summed E-state index contributed by atoms with van der Waals surface area (Å²) in [7, 11) is 0. The van der Waals surface area contributed by atoms with Gasteiger partial charge < -0.3 is 14.0 Å². The molecule has 0 unspecified atom stereocenters. The number of H-pyrrole nitrogens is 1. The molecule has 0 saturated heterocycles. The van der Waals surface area contributed by atoms with Gasteiger partial charge in [0.25, 0.3) is 0 Å². The third-order valence-electron chi connectivity index (χ3n) is 6.59. The summed E-state index contributed by atoms with van der Waals surface area (Å²) < 4.78 is 9.16. The Morgan fingerprint density at radius 2 is 1.29 bits per heavy atom. The molecular formula is C28H22N2O. The Labute approximate surface area is 178 Å². The van der Waals surface area contributed by atoms with Gasteiger partial charge in [0.15, 0.2) is 11.2 Å². The molecule has 0 bridgehead atoms. The van der Waals surface area contributed by atoms with Crippen molar-refractivity contribution in [3.05, 3.63) is 72.8 Å². The third-order valence-corrected chi connectivity index (χ3v) is 6.59. The van der Waals surface area contributed by atoms with Crippen LogP contribution in [0.15, 0.2) is 77.2 Å². The van der Waals surface area contributed by atoms with E-state index in [0.717, 1.165) is 33.0 Å². The van der Waals surface area contributed by atoms with E-state index in [1.807, 2.05) is 0 Å². The number of hydrogen-bond acceptors (Lipinski definition) is 1. The molecule has 0 aliphatic carbocycles. The van der Waals surface area contributed by atoms with Crippen LogP contribution < -0.4 is 0 Å². The molecule has 0 radical (unpaired) electrons. The number of aromatic amines is 1. The fourth-order valence-electron chi connectivity index (χ4n) is 5.35. The highest BCUT2D eigenvalue weighted by atomic mass is 16.3. The lowest BCUT2D eigenvalue weighted by molar-refractivity contribution is 0.423. The van der Waals surface area contributed by atoms with Gasteiger partial charge in [-0.25, -0.2) is 0 Å². The van der Waals surface area contributed by atoms with E-state index in [9.17, 15) is 0 Å². The van der Waals surface area contributed by atoms with E-state index in [4.69, 9.17) is 4.42 Å². The van der Waals surface area contributed by atoms with Crippen LogP contribution in [0.3, 0.4) is 0 Å². The minimum absolute atomic E-state index is 0.0783. The highest BCUT2D eigenvalue weighted by Gasteiger charge is 2.24. The third kappa shape index (κ3) is 2.08. The van der Waals surface area contributed by atoms with Crippen LogP contribution in [0.1, 0.15) is 20.8 Å². The molecule has 0 aliphatic heterocycles. The van der Waals surface area contributed by atoms with Crippen LogP contribution in [0.25, 0.3) is 65.6 Å². The topological polar surface area (TPSA) is 33.9 Å². The van der Waals surface area contributed by atoms with E-state index in [2.05, 4.69) is 103 Å². The van der Waals surface area contributed by atoms with Crippen molar-refractivity contribution in [2.45, 2.75) is 26.3 Å². The Hall–Kier alpha value is -3.72. The molecule has 0 aliphatic rings. The van der Waals surface area contributed by atoms with Crippen LogP contribution in [0.5, 0.6) is 0 Å². The van der Waals surface area contributed by atoms with Gasteiger partial charge in [-0.05, 0) is 45.0 Å². The molecule has 4 aromatic carbocycles. The zero-order chi connectivity index (χ0) is 20.9. The molecule has 3 heterocycles. The standard InChI is InChI=1S/C28H22N2O/c1-28(2,3)30-23-11-7-5-9-17(23)19-13-15-21-20-14-12-18-16-8-4-6-10-22(16)29-24(18)26(20)31-27(21)25(19)30/h4-15,29H,1-3H3.